The van der Waals surface area contributed by atoms with Gasteiger partial charge in [-0.25, -0.2) is 0 Å². The third-order valence-corrected chi connectivity index (χ3v) is 3.50. The molecule has 0 bridgehead atoms. The van der Waals surface area contributed by atoms with Crippen molar-refractivity contribution in [3.8, 4) is 5.75 Å². The van der Waals surface area contributed by atoms with Crippen molar-refractivity contribution in [2.24, 2.45) is 5.92 Å². The first-order valence-corrected chi connectivity index (χ1v) is 6.33. The topological polar surface area (TPSA) is 92.9 Å². The van der Waals surface area contributed by atoms with Crippen LogP contribution in [0.4, 0.5) is 11.4 Å². The summed E-state index contributed by atoms with van der Waals surface area (Å²) in [5.41, 5.74) is 0.654. The maximum Gasteiger partial charge on any atom is 0.311 e. The molecule has 1 saturated heterocycles. The molecule has 0 saturated carbocycles. The van der Waals surface area contributed by atoms with Crippen molar-refractivity contribution in [2.45, 2.75) is 12.8 Å². The van der Waals surface area contributed by atoms with Crippen LogP contribution in [-0.2, 0) is 4.79 Å². The Hall–Kier alpha value is -2.31. The minimum absolute atomic E-state index is 0.0944. The second-order valence-corrected chi connectivity index (χ2v) is 4.74. The van der Waals surface area contributed by atoms with Gasteiger partial charge in [0.1, 0.15) is 0 Å². The number of carboxylic acids is 1. The zero-order valence-electron chi connectivity index (χ0n) is 11.1. The smallest absolute Gasteiger partial charge is 0.311 e. The molecule has 1 aliphatic heterocycles. The van der Waals surface area contributed by atoms with E-state index in [-0.39, 0.29) is 11.4 Å². The van der Waals surface area contributed by atoms with Gasteiger partial charge in [-0.1, -0.05) is 0 Å². The number of ether oxygens (including phenoxy) is 1. The number of anilines is 1. The second-order valence-electron chi connectivity index (χ2n) is 4.74. The van der Waals surface area contributed by atoms with E-state index in [1.807, 2.05) is 4.90 Å². The van der Waals surface area contributed by atoms with Crippen LogP contribution in [0.1, 0.15) is 12.8 Å². The molecule has 0 aromatic heterocycles. The lowest BCUT2D eigenvalue weighted by Crippen LogP contribution is -2.38. The van der Waals surface area contributed by atoms with Gasteiger partial charge in [-0.05, 0) is 18.9 Å². The van der Waals surface area contributed by atoms with Crippen molar-refractivity contribution >= 4 is 17.3 Å². The number of nitrogens with zero attached hydrogens (tertiary/aromatic N) is 2. The van der Waals surface area contributed by atoms with Gasteiger partial charge in [0.2, 0.25) is 0 Å². The number of aliphatic carboxylic acids is 1. The molecule has 1 aromatic rings. The maximum atomic E-state index is 11.1. The highest BCUT2D eigenvalue weighted by molar-refractivity contribution is 5.71. The quantitative estimate of drug-likeness (QED) is 0.669. The Balaban J connectivity index is 2.24. The van der Waals surface area contributed by atoms with Gasteiger partial charge in [-0.15, -0.1) is 0 Å². The Morgan fingerprint density at radius 2 is 2.30 bits per heavy atom. The first-order chi connectivity index (χ1) is 9.52. The molecule has 2 rings (SSSR count). The first-order valence-electron chi connectivity index (χ1n) is 6.33. The van der Waals surface area contributed by atoms with Crippen LogP contribution in [0, 0.1) is 16.0 Å². The molecule has 20 heavy (non-hydrogen) atoms. The van der Waals surface area contributed by atoms with Gasteiger partial charge >= 0.3 is 11.7 Å². The van der Waals surface area contributed by atoms with E-state index in [0.29, 0.717) is 13.0 Å². The van der Waals surface area contributed by atoms with Crippen LogP contribution in [0.3, 0.4) is 0 Å². The van der Waals surface area contributed by atoms with Gasteiger partial charge in [0, 0.05) is 30.9 Å². The largest absolute Gasteiger partial charge is 0.490 e. The molecule has 1 fully saturated rings. The van der Waals surface area contributed by atoms with Crippen LogP contribution in [0.25, 0.3) is 0 Å². The molecule has 0 aliphatic carbocycles. The average molecular weight is 280 g/mol. The van der Waals surface area contributed by atoms with Crippen LogP contribution in [0.2, 0.25) is 0 Å². The maximum absolute atomic E-state index is 11.1. The number of methoxy groups -OCH3 is 1. The molecule has 1 atom stereocenters. The number of carboxylic acid groups (broad SMARTS) is 1. The number of nitro groups is 1. The van der Waals surface area contributed by atoms with Crippen molar-refractivity contribution in [1.82, 2.24) is 0 Å². The van der Waals surface area contributed by atoms with Crippen molar-refractivity contribution < 1.29 is 19.6 Å². The van der Waals surface area contributed by atoms with E-state index in [9.17, 15) is 14.9 Å². The fourth-order valence-corrected chi connectivity index (χ4v) is 2.43. The number of hydrogen-bond acceptors (Lipinski definition) is 5. The van der Waals surface area contributed by atoms with Gasteiger partial charge in [-0.2, -0.15) is 0 Å². The van der Waals surface area contributed by atoms with Crippen molar-refractivity contribution in [1.29, 1.82) is 0 Å². The molecule has 0 spiro atoms. The summed E-state index contributed by atoms with van der Waals surface area (Å²) in [6, 6.07) is 4.60. The number of benzene rings is 1. The van der Waals surface area contributed by atoms with Crippen molar-refractivity contribution in [3.05, 3.63) is 28.3 Å². The predicted molar refractivity (Wildman–Crippen MR) is 72.2 cm³/mol. The zero-order chi connectivity index (χ0) is 14.7. The summed E-state index contributed by atoms with van der Waals surface area (Å²) in [4.78, 5) is 23.3. The van der Waals surface area contributed by atoms with E-state index in [0.717, 1.165) is 18.7 Å². The lowest BCUT2D eigenvalue weighted by molar-refractivity contribution is -0.385. The van der Waals surface area contributed by atoms with Crippen LogP contribution < -0.4 is 9.64 Å². The minimum atomic E-state index is -0.802. The number of rotatable bonds is 4. The SMILES string of the molecule is COc1cc(N2CCC[C@@H](C(=O)O)C2)ccc1[N+](=O)[O-]. The molecule has 0 unspecified atom stereocenters. The average Bonchev–Trinajstić information content (AvgIpc) is 2.46. The zero-order valence-corrected chi connectivity index (χ0v) is 11.1. The molecular weight excluding hydrogens is 264 g/mol. The summed E-state index contributed by atoms with van der Waals surface area (Å²) in [6.07, 6.45) is 1.45. The van der Waals surface area contributed by atoms with E-state index in [1.165, 1.54) is 13.2 Å². The van der Waals surface area contributed by atoms with Gasteiger partial charge in [-0.3, -0.25) is 14.9 Å². The molecular formula is C13H16N2O5. The Kier molecular flexibility index (Phi) is 4.07. The monoisotopic (exact) mass is 280 g/mol. The standard InChI is InChI=1S/C13H16N2O5/c1-20-12-7-10(4-5-11(12)15(18)19)14-6-2-3-9(8-14)13(16)17/h4-5,7,9H,2-3,6,8H2,1H3,(H,16,17)/t9-/m1/s1. The molecule has 7 heteroatoms. The van der Waals surface area contributed by atoms with Crippen LogP contribution in [-0.4, -0.2) is 36.2 Å². The summed E-state index contributed by atoms with van der Waals surface area (Å²) in [7, 11) is 1.38. The van der Waals surface area contributed by atoms with Crippen LogP contribution >= 0.6 is 0 Å². The predicted octanol–water partition coefficient (Wildman–Crippen LogP) is 1.90. The highest BCUT2D eigenvalue weighted by Crippen LogP contribution is 2.33. The summed E-state index contributed by atoms with van der Waals surface area (Å²) < 4.78 is 5.03. The van der Waals surface area contributed by atoms with Gasteiger partial charge in [0.25, 0.3) is 0 Å². The Morgan fingerprint density at radius 1 is 1.55 bits per heavy atom. The summed E-state index contributed by atoms with van der Waals surface area (Å²) >= 11 is 0. The fraction of sp³-hybridized carbons (Fsp3) is 0.462. The van der Waals surface area contributed by atoms with E-state index in [4.69, 9.17) is 9.84 Å². The van der Waals surface area contributed by atoms with Gasteiger partial charge < -0.3 is 14.7 Å². The third-order valence-electron chi connectivity index (χ3n) is 3.50. The minimum Gasteiger partial charge on any atom is -0.490 e. The molecule has 1 aromatic carbocycles. The Bertz CT molecular complexity index is 531. The number of carbonyl (C=O) groups is 1. The van der Waals surface area contributed by atoms with E-state index < -0.39 is 16.8 Å². The summed E-state index contributed by atoms with van der Waals surface area (Å²) in [5.74, 6) is -1.02. The van der Waals surface area contributed by atoms with Gasteiger partial charge in [0.15, 0.2) is 5.75 Å². The molecule has 1 aliphatic rings. The lowest BCUT2D eigenvalue weighted by atomic mass is 9.98. The summed E-state index contributed by atoms with van der Waals surface area (Å²) in [5, 5.41) is 19.9. The fourth-order valence-electron chi connectivity index (χ4n) is 2.43. The third kappa shape index (κ3) is 2.81. The molecule has 1 N–H and O–H groups in total. The molecule has 0 amide bonds. The van der Waals surface area contributed by atoms with E-state index in [2.05, 4.69) is 0 Å². The first kappa shape index (κ1) is 14.1. The Labute approximate surface area is 115 Å². The second kappa shape index (κ2) is 5.77. The van der Waals surface area contributed by atoms with Gasteiger partial charge in [0.05, 0.1) is 18.0 Å². The van der Waals surface area contributed by atoms with E-state index in [1.54, 1.807) is 12.1 Å². The normalized spacial score (nSPS) is 18.6. The molecule has 108 valence electrons. The molecule has 1 heterocycles. The number of nitro benzene ring substituents is 1. The molecule has 0 radical (unpaired) electrons. The van der Waals surface area contributed by atoms with Crippen LogP contribution in [0.15, 0.2) is 18.2 Å². The number of hydrogen-bond donors (Lipinski definition) is 1. The van der Waals surface area contributed by atoms with Crippen molar-refractivity contribution in [3.63, 3.8) is 0 Å². The van der Waals surface area contributed by atoms with E-state index >= 15 is 0 Å². The lowest BCUT2D eigenvalue weighted by Gasteiger charge is -2.32. The van der Waals surface area contributed by atoms with Crippen LogP contribution in [0.5, 0.6) is 5.75 Å². The number of piperidine rings is 1. The highest BCUT2D eigenvalue weighted by atomic mass is 16.6. The Morgan fingerprint density at radius 3 is 2.90 bits per heavy atom. The summed E-state index contributed by atoms with van der Waals surface area (Å²) in [6.45, 7) is 1.15. The van der Waals surface area contributed by atoms with Crippen molar-refractivity contribution in [2.75, 3.05) is 25.1 Å². The highest BCUT2D eigenvalue weighted by Gasteiger charge is 2.26. The molecule has 7 nitrogen and oxygen atoms in total.